The van der Waals surface area contributed by atoms with E-state index < -0.39 is 31.0 Å². The van der Waals surface area contributed by atoms with E-state index in [1.807, 2.05) is 0 Å². The average molecular weight is 450 g/mol. The van der Waals surface area contributed by atoms with Crippen molar-refractivity contribution in [2.45, 2.75) is 9.79 Å². The molecule has 2 aromatic carbocycles. The Kier molecular flexibility index (Phi) is 9.18. The molecule has 2 aromatic rings. The van der Waals surface area contributed by atoms with Crippen molar-refractivity contribution in [3.8, 4) is 0 Å². The van der Waals surface area contributed by atoms with E-state index in [0.717, 1.165) is 6.07 Å². The number of carbonyl (C=O) groups is 1. The van der Waals surface area contributed by atoms with Gasteiger partial charge in [0.05, 0.1) is 0 Å². The molecule has 0 saturated carbocycles. The topological polar surface area (TPSA) is 147 Å². The fraction of sp³-hybridized carbons (Fsp3) is 0.118. The van der Waals surface area contributed by atoms with Gasteiger partial charge in [0.2, 0.25) is 5.91 Å². The van der Waals surface area contributed by atoms with Crippen LogP contribution in [-0.2, 0) is 29.8 Å². The summed E-state index contributed by atoms with van der Waals surface area (Å²) in [6, 6.07) is 9.32. The summed E-state index contributed by atoms with van der Waals surface area (Å²) in [7, 11) is -7.81. The maximum atomic E-state index is 11.7. The average Bonchev–Trinajstić information content (AvgIpc) is 2.59. The minimum Gasteiger partial charge on any atom is -0.375 e. The van der Waals surface area contributed by atoms with Gasteiger partial charge >= 0.3 is 29.6 Å². The van der Waals surface area contributed by atoms with E-state index in [4.69, 9.17) is 0 Å². The third-order valence-corrected chi connectivity index (χ3v) is 5.33. The number of ether oxygens (including phenoxy) is 1. The molecule has 0 unspecified atom stereocenters. The maximum Gasteiger partial charge on any atom is 1.00 e. The van der Waals surface area contributed by atoms with Gasteiger partial charge in [-0.3, -0.25) is 13.9 Å². The molecule has 0 fully saturated rings. The van der Waals surface area contributed by atoms with Crippen LogP contribution in [0.3, 0.4) is 0 Å². The van der Waals surface area contributed by atoms with Gasteiger partial charge < -0.3 is 10.1 Å². The van der Waals surface area contributed by atoms with E-state index in [-0.39, 0.29) is 57.9 Å². The number of benzene rings is 2. The molecule has 0 bridgehead atoms. The molecule has 0 aromatic heterocycles. The number of rotatable bonds is 7. The smallest absolute Gasteiger partial charge is 0.375 e. The monoisotopic (exact) mass is 450 g/mol. The molecule has 0 aliphatic carbocycles. The van der Waals surface area contributed by atoms with Crippen LogP contribution in [-0.4, -0.2) is 45.6 Å². The molecule has 0 atom stereocenters. The molecule has 0 spiro atoms. The Morgan fingerprint density at radius 1 is 0.966 bits per heavy atom. The third-order valence-electron chi connectivity index (χ3n) is 3.49. The molecule has 2 rings (SSSR count). The Bertz CT molecular complexity index is 1130. The van der Waals surface area contributed by atoms with Gasteiger partial charge in [-0.1, -0.05) is 36.4 Å². The molecule has 3 N–H and O–H groups in total. The van der Waals surface area contributed by atoms with E-state index in [0.29, 0.717) is 0 Å². The fourth-order valence-electron chi connectivity index (χ4n) is 2.33. The summed E-state index contributed by atoms with van der Waals surface area (Å²) in [5, 5.41) is 2.41. The van der Waals surface area contributed by atoms with Crippen LogP contribution in [0.2, 0.25) is 0 Å². The molecule has 0 radical (unpaired) electrons. The zero-order valence-electron chi connectivity index (χ0n) is 15.6. The first-order valence-electron chi connectivity index (χ1n) is 7.67. The third kappa shape index (κ3) is 7.32. The van der Waals surface area contributed by atoms with Crippen molar-refractivity contribution in [3.63, 3.8) is 0 Å². The van der Waals surface area contributed by atoms with E-state index in [1.165, 1.54) is 55.7 Å². The number of methoxy groups -OCH3 is 1. The van der Waals surface area contributed by atoms with Crippen molar-refractivity contribution in [1.29, 1.82) is 0 Å². The second kappa shape index (κ2) is 10.5. The summed E-state index contributed by atoms with van der Waals surface area (Å²) < 4.78 is 69.7. The molecule has 0 saturated heterocycles. The fourth-order valence-corrected chi connectivity index (χ4v) is 3.73. The zero-order valence-corrected chi connectivity index (χ0v) is 19.2. The van der Waals surface area contributed by atoms with Crippen LogP contribution in [0.4, 0.5) is 5.69 Å². The van der Waals surface area contributed by atoms with Crippen LogP contribution < -0.4 is 34.9 Å². The standard InChI is InChI=1S/C17H17NO8S2.Na/c1-26-11-17(19)18-14-9-8-13(16(10-14)28(23,24)25)7-6-12-4-2-3-5-15(12)27(20,21)22;/h2-10H,11H2,1H3,(H,18,19)(H,20,21,22)(H,23,24,25);/q;+1/b7-6+;. The van der Waals surface area contributed by atoms with Crippen LogP contribution >= 0.6 is 0 Å². The Hall–Kier alpha value is -1.57. The Balaban J connectivity index is 0.00000420. The van der Waals surface area contributed by atoms with Crippen molar-refractivity contribution in [3.05, 3.63) is 53.6 Å². The van der Waals surface area contributed by atoms with Crippen LogP contribution in [0.15, 0.2) is 52.3 Å². The van der Waals surface area contributed by atoms with Gasteiger partial charge in [-0.05, 0) is 29.3 Å². The molecule has 0 heterocycles. The molecule has 0 aliphatic heterocycles. The molecule has 1 amide bonds. The Morgan fingerprint density at radius 3 is 2.07 bits per heavy atom. The summed E-state index contributed by atoms with van der Waals surface area (Å²) >= 11 is 0. The van der Waals surface area contributed by atoms with Crippen LogP contribution in [0.25, 0.3) is 12.2 Å². The molecule has 9 nitrogen and oxygen atoms in total. The van der Waals surface area contributed by atoms with E-state index in [1.54, 1.807) is 0 Å². The van der Waals surface area contributed by atoms with Gasteiger partial charge in [-0.25, -0.2) is 0 Å². The van der Waals surface area contributed by atoms with Gasteiger partial charge in [0.25, 0.3) is 20.2 Å². The van der Waals surface area contributed by atoms with Crippen molar-refractivity contribution >= 4 is 44.0 Å². The SMILES string of the molecule is COCC(=O)Nc1ccc(/C=C/c2ccccc2S(=O)(=O)O)c(S(=O)(=O)O)c1.[Na+]. The normalized spacial score (nSPS) is 11.8. The van der Waals surface area contributed by atoms with Gasteiger partial charge in [0, 0.05) is 12.8 Å². The molecule has 150 valence electrons. The van der Waals surface area contributed by atoms with Crippen LogP contribution in [0.1, 0.15) is 11.1 Å². The quantitative estimate of drug-likeness (QED) is 0.275. The van der Waals surface area contributed by atoms with Crippen LogP contribution in [0.5, 0.6) is 0 Å². The second-order valence-corrected chi connectivity index (χ2v) is 8.34. The molecular formula is C17H17NNaO8S2+. The summed E-state index contributed by atoms with van der Waals surface area (Å²) in [6.07, 6.45) is 2.53. The first-order chi connectivity index (χ1) is 13.0. The molecule has 0 aliphatic rings. The first kappa shape index (κ1) is 25.5. The minimum atomic E-state index is -4.65. The number of amides is 1. The van der Waals surface area contributed by atoms with Crippen molar-refractivity contribution in [1.82, 2.24) is 0 Å². The number of hydrogen-bond donors (Lipinski definition) is 3. The second-order valence-electron chi connectivity index (χ2n) is 5.56. The van der Waals surface area contributed by atoms with Crippen molar-refractivity contribution in [2.24, 2.45) is 0 Å². The van der Waals surface area contributed by atoms with E-state index in [2.05, 4.69) is 10.1 Å². The molecule has 12 heteroatoms. The number of hydrogen-bond acceptors (Lipinski definition) is 6. The predicted molar refractivity (Wildman–Crippen MR) is 102 cm³/mol. The van der Waals surface area contributed by atoms with Gasteiger partial charge in [-0.2, -0.15) is 16.8 Å². The summed E-state index contributed by atoms with van der Waals surface area (Å²) in [4.78, 5) is 10.7. The largest absolute Gasteiger partial charge is 1.00 e. The molecule has 29 heavy (non-hydrogen) atoms. The van der Waals surface area contributed by atoms with Crippen molar-refractivity contribution < 1.29 is 65.0 Å². The summed E-state index contributed by atoms with van der Waals surface area (Å²) in [5.41, 5.74) is 0.270. The number of anilines is 1. The molecular weight excluding hydrogens is 433 g/mol. The summed E-state index contributed by atoms with van der Waals surface area (Å²) in [5.74, 6) is -0.519. The Morgan fingerprint density at radius 2 is 1.52 bits per heavy atom. The van der Waals surface area contributed by atoms with Crippen LogP contribution in [0, 0.1) is 0 Å². The van der Waals surface area contributed by atoms with Gasteiger partial charge in [0.1, 0.15) is 16.4 Å². The minimum absolute atomic E-state index is 0. The van der Waals surface area contributed by atoms with Gasteiger partial charge in [-0.15, -0.1) is 0 Å². The first-order valence-corrected chi connectivity index (χ1v) is 10.6. The predicted octanol–water partition coefficient (Wildman–Crippen LogP) is -1.06. The van der Waals surface area contributed by atoms with E-state index >= 15 is 0 Å². The van der Waals surface area contributed by atoms with E-state index in [9.17, 15) is 30.7 Å². The maximum absolute atomic E-state index is 11.7. The number of carbonyl (C=O) groups excluding carboxylic acids is 1. The number of nitrogens with one attached hydrogen (secondary N) is 1. The van der Waals surface area contributed by atoms with Gasteiger partial charge in [0.15, 0.2) is 0 Å². The summed E-state index contributed by atoms with van der Waals surface area (Å²) in [6.45, 7) is -0.241. The zero-order chi connectivity index (χ0) is 20.9. The van der Waals surface area contributed by atoms with Crippen molar-refractivity contribution in [2.75, 3.05) is 19.0 Å². The Labute approximate surface area is 190 Å².